The molecule has 1 amide bonds. The standard InChI is InChI=1S/C14H17NO3S/c1-11-3-5-13(6-4-11)15(2)14(16)9-12-7-8-19(17,18)10-12/h3-8,12H,9-10H2,1-2H3/t12-/m0/s1. The van der Waals surface area contributed by atoms with Gasteiger partial charge in [0.25, 0.3) is 0 Å². The minimum atomic E-state index is -3.09. The van der Waals surface area contributed by atoms with Gasteiger partial charge in [-0.15, -0.1) is 0 Å². The van der Waals surface area contributed by atoms with Crippen molar-refractivity contribution in [2.75, 3.05) is 17.7 Å². The predicted molar refractivity (Wildman–Crippen MR) is 75.6 cm³/mol. The van der Waals surface area contributed by atoms with Crippen LogP contribution in [-0.4, -0.2) is 27.1 Å². The van der Waals surface area contributed by atoms with E-state index in [1.54, 1.807) is 18.0 Å². The Hall–Kier alpha value is -1.62. The maximum atomic E-state index is 12.1. The SMILES string of the molecule is Cc1ccc(N(C)C(=O)C[C@@H]2C=CS(=O)(=O)C2)cc1. The highest BCUT2D eigenvalue weighted by Crippen LogP contribution is 2.21. The van der Waals surface area contributed by atoms with Crippen LogP contribution in [0.25, 0.3) is 0 Å². The number of hydrogen-bond donors (Lipinski definition) is 0. The van der Waals surface area contributed by atoms with Crippen molar-refractivity contribution in [2.45, 2.75) is 13.3 Å². The molecule has 0 aliphatic carbocycles. The van der Waals surface area contributed by atoms with Gasteiger partial charge in [0, 0.05) is 30.5 Å². The number of benzene rings is 1. The molecule has 0 spiro atoms. The lowest BCUT2D eigenvalue weighted by atomic mass is 10.1. The lowest BCUT2D eigenvalue weighted by Gasteiger charge is -2.19. The quantitative estimate of drug-likeness (QED) is 0.849. The summed E-state index contributed by atoms with van der Waals surface area (Å²) < 4.78 is 22.6. The number of hydrogen-bond acceptors (Lipinski definition) is 3. The first kappa shape index (κ1) is 13.8. The van der Waals surface area contributed by atoms with Gasteiger partial charge in [-0.3, -0.25) is 4.79 Å². The molecule has 19 heavy (non-hydrogen) atoms. The zero-order valence-corrected chi connectivity index (χ0v) is 11.9. The molecule has 5 heteroatoms. The average Bonchev–Trinajstić information content (AvgIpc) is 2.68. The monoisotopic (exact) mass is 279 g/mol. The van der Waals surface area contributed by atoms with E-state index in [1.165, 1.54) is 5.41 Å². The van der Waals surface area contributed by atoms with Gasteiger partial charge in [-0.2, -0.15) is 0 Å². The van der Waals surface area contributed by atoms with Crippen molar-refractivity contribution in [1.82, 2.24) is 0 Å². The Balaban J connectivity index is 2.01. The molecular formula is C14H17NO3S. The molecule has 0 saturated carbocycles. The van der Waals surface area contributed by atoms with Crippen molar-refractivity contribution in [2.24, 2.45) is 5.92 Å². The van der Waals surface area contributed by atoms with Crippen LogP contribution in [0.1, 0.15) is 12.0 Å². The summed E-state index contributed by atoms with van der Waals surface area (Å²) in [6, 6.07) is 7.65. The average molecular weight is 279 g/mol. The molecule has 0 aromatic heterocycles. The van der Waals surface area contributed by atoms with E-state index >= 15 is 0 Å². The molecule has 1 aromatic rings. The number of amides is 1. The summed E-state index contributed by atoms with van der Waals surface area (Å²) in [5.41, 5.74) is 1.95. The summed E-state index contributed by atoms with van der Waals surface area (Å²) in [4.78, 5) is 13.7. The Bertz CT molecular complexity index is 602. The van der Waals surface area contributed by atoms with E-state index in [-0.39, 0.29) is 24.0 Å². The van der Waals surface area contributed by atoms with Crippen LogP contribution in [0, 0.1) is 12.8 Å². The third-order valence-electron chi connectivity index (χ3n) is 3.24. The summed E-state index contributed by atoms with van der Waals surface area (Å²) in [6.45, 7) is 1.99. The molecule has 1 aliphatic rings. The predicted octanol–water partition coefficient (Wildman–Crippen LogP) is 1.91. The fourth-order valence-electron chi connectivity index (χ4n) is 2.04. The van der Waals surface area contributed by atoms with Crippen molar-refractivity contribution in [3.63, 3.8) is 0 Å². The van der Waals surface area contributed by atoms with Gasteiger partial charge in [-0.25, -0.2) is 8.42 Å². The molecule has 0 unspecified atom stereocenters. The number of carbonyl (C=O) groups excluding carboxylic acids is 1. The molecule has 4 nitrogen and oxygen atoms in total. The minimum absolute atomic E-state index is 0.0421. The van der Waals surface area contributed by atoms with E-state index in [9.17, 15) is 13.2 Å². The molecule has 1 atom stereocenters. The number of sulfone groups is 1. The third kappa shape index (κ3) is 3.44. The summed E-state index contributed by atoms with van der Waals surface area (Å²) in [5.74, 6) is -0.235. The van der Waals surface area contributed by atoms with Crippen LogP contribution in [0.3, 0.4) is 0 Å². The van der Waals surface area contributed by atoms with Crippen molar-refractivity contribution >= 4 is 21.4 Å². The smallest absolute Gasteiger partial charge is 0.227 e. The van der Waals surface area contributed by atoms with E-state index in [4.69, 9.17) is 0 Å². The molecule has 0 fully saturated rings. The highest BCUT2D eigenvalue weighted by molar-refractivity contribution is 7.94. The molecule has 0 radical (unpaired) electrons. The van der Waals surface area contributed by atoms with Crippen LogP contribution >= 0.6 is 0 Å². The lowest BCUT2D eigenvalue weighted by molar-refractivity contribution is -0.118. The number of nitrogens with zero attached hydrogens (tertiary/aromatic N) is 1. The number of carbonyl (C=O) groups is 1. The zero-order chi connectivity index (χ0) is 14.0. The Morgan fingerprint density at radius 2 is 1.95 bits per heavy atom. The summed E-state index contributed by atoms with van der Waals surface area (Å²) in [6.07, 6.45) is 1.83. The molecule has 0 N–H and O–H groups in total. The number of rotatable bonds is 3. The normalized spacial score (nSPS) is 20.4. The van der Waals surface area contributed by atoms with Gasteiger partial charge in [-0.05, 0) is 19.1 Å². The third-order valence-corrected chi connectivity index (χ3v) is 4.70. The second-order valence-electron chi connectivity index (χ2n) is 4.91. The van der Waals surface area contributed by atoms with Crippen LogP contribution in [-0.2, 0) is 14.6 Å². The van der Waals surface area contributed by atoms with E-state index < -0.39 is 9.84 Å². The first-order valence-corrected chi connectivity index (χ1v) is 7.83. The molecule has 1 heterocycles. The van der Waals surface area contributed by atoms with Gasteiger partial charge in [0.15, 0.2) is 9.84 Å². The maximum absolute atomic E-state index is 12.1. The number of anilines is 1. The first-order chi connectivity index (χ1) is 8.87. The number of aryl methyl sites for hydroxylation is 1. The Morgan fingerprint density at radius 3 is 2.47 bits per heavy atom. The second-order valence-corrected chi connectivity index (χ2v) is 6.84. The molecular weight excluding hydrogens is 262 g/mol. The van der Waals surface area contributed by atoms with E-state index in [1.807, 2.05) is 31.2 Å². The van der Waals surface area contributed by atoms with Gasteiger partial charge in [0.2, 0.25) is 5.91 Å². The fraction of sp³-hybridized carbons (Fsp3) is 0.357. The molecule has 0 saturated heterocycles. The van der Waals surface area contributed by atoms with Gasteiger partial charge >= 0.3 is 0 Å². The van der Waals surface area contributed by atoms with Gasteiger partial charge < -0.3 is 4.90 Å². The highest BCUT2D eigenvalue weighted by Gasteiger charge is 2.25. The van der Waals surface area contributed by atoms with Crippen molar-refractivity contribution in [3.8, 4) is 0 Å². The summed E-state index contributed by atoms with van der Waals surface area (Å²) >= 11 is 0. The Morgan fingerprint density at radius 1 is 1.32 bits per heavy atom. The maximum Gasteiger partial charge on any atom is 0.227 e. The van der Waals surface area contributed by atoms with Crippen molar-refractivity contribution < 1.29 is 13.2 Å². The zero-order valence-electron chi connectivity index (χ0n) is 11.0. The summed E-state index contributed by atoms with van der Waals surface area (Å²) in [5, 5.41) is 1.21. The van der Waals surface area contributed by atoms with Gasteiger partial charge in [0.1, 0.15) is 0 Å². The number of allylic oxidation sites excluding steroid dienone is 1. The van der Waals surface area contributed by atoms with Crippen LogP contribution in [0.5, 0.6) is 0 Å². The topological polar surface area (TPSA) is 54.5 Å². The Kier molecular flexibility index (Phi) is 3.75. The van der Waals surface area contributed by atoms with E-state index in [0.29, 0.717) is 0 Å². The van der Waals surface area contributed by atoms with Gasteiger partial charge in [0.05, 0.1) is 5.75 Å². The highest BCUT2D eigenvalue weighted by atomic mass is 32.2. The van der Waals surface area contributed by atoms with Crippen molar-refractivity contribution in [3.05, 3.63) is 41.3 Å². The molecule has 2 rings (SSSR count). The molecule has 102 valence electrons. The van der Waals surface area contributed by atoms with Crippen molar-refractivity contribution in [1.29, 1.82) is 0 Å². The van der Waals surface area contributed by atoms with E-state index in [0.717, 1.165) is 11.3 Å². The first-order valence-electron chi connectivity index (χ1n) is 6.11. The van der Waals surface area contributed by atoms with E-state index in [2.05, 4.69) is 0 Å². The molecule has 0 bridgehead atoms. The minimum Gasteiger partial charge on any atom is -0.315 e. The van der Waals surface area contributed by atoms with Crippen LogP contribution in [0.2, 0.25) is 0 Å². The fourth-order valence-corrected chi connectivity index (χ4v) is 3.44. The largest absolute Gasteiger partial charge is 0.315 e. The molecule has 1 aromatic carbocycles. The van der Waals surface area contributed by atoms with Crippen LogP contribution < -0.4 is 4.90 Å². The van der Waals surface area contributed by atoms with Gasteiger partial charge in [-0.1, -0.05) is 23.8 Å². The second kappa shape index (κ2) is 5.17. The Labute approximate surface area is 113 Å². The van der Waals surface area contributed by atoms with Crippen LogP contribution in [0.15, 0.2) is 35.7 Å². The molecule has 1 aliphatic heterocycles. The summed E-state index contributed by atoms with van der Waals surface area (Å²) in [7, 11) is -1.38. The lowest BCUT2D eigenvalue weighted by Crippen LogP contribution is -2.28. The van der Waals surface area contributed by atoms with Crippen LogP contribution in [0.4, 0.5) is 5.69 Å².